The van der Waals surface area contributed by atoms with Crippen molar-refractivity contribution in [3.05, 3.63) is 33.8 Å². The van der Waals surface area contributed by atoms with Gasteiger partial charge < -0.3 is 15.3 Å². The van der Waals surface area contributed by atoms with Crippen molar-refractivity contribution >= 4 is 46.8 Å². The molecule has 1 aliphatic rings. The lowest BCUT2D eigenvalue weighted by molar-refractivity contribution is -0.150. The minimum atomic E-state index is -1.19. The average Bonchev–Trinajstić information content (AvgIpc) is 2.92. The zero-order chi connectivity index (χ0) is 21.0. The molecule has 0 saturated carbocycles. The van der Waals surface area contributed by atoms with Gasteiger partial charge in [-0.1, -0.05) is 36.2 Å². The third-order valence-electron chi connectivity index (χ3n) is 4.77. The van der Waals surface area contributed by atoms with Gasteiger partial charge in [-0.15, -0.1) is 0 Å². The van der Waals surface area contributed by atoms with E-state index in [0.717, 1.165) is 10.5 Å². The van der Waals surface area contributed by atoms with Gasteiger partial charge >= 0.3 is 5.97 Å². The number of Topliss-reactive ketones (excluding diaryl/α,β-unsaturated/α-hetero) is 1. The van der Waals surface area contributed by atoms with Crippen LogP contribution in [0.1, 0.15) is 32.3 Å². The summed E-state index contributed by atoms with van der Waals surface area (Å²) >= 11 is 11.9. The molecule has 0 radical (unpaired) electrons. The molecule has 7 nitrogen and oxygen atoms in total. The molecule has 28 heavy (non-hydrogen) atoms. The zero-order valence-electron chi connectivity index (χ0n) is 15.6. The van der Waals surface area contributed by atoms with Gasteiger partial charge in [0.1, 0.15) is 12.0 Å². The zero-order valence-corrected chi connectivity index (χ0v) is 17.1. The van der Waals surface area contributed by atoms with E-state index in [-0.39, 0.29) is 19.0 Å². The highest BCUT2D eigenvalue weighted by atomic mass is 35.5. The average molecular weight is 429 g/mol. The SMILES string of the molecule is CCC(C(=O)O)N1CC(C(=O)NC(C)CCc2ccc(Cl)c(Cl)c2)C(=O)C1=O. The van der Waals surface area contributed by atoms with Gasteiger partial charge in [0.15, 0.2) is 0 Å². The summed E-state index contributed by atoms with van der Waals surface area (Å²) in [6.07, 6.45) is 1.39. The molecular weight excluding hydrogens is 407 g/mol. The number of aryl methyl sites for hydroxylation is 1. The molecule has 1 aromatic carbocycles. The van der Waals surface area contributed by atoms with Gasteiger partial charge in [-0.2, -0.15) is 0 Å². The van der Waals surface area contributed by atoms with E-state index in [4.69, 9.17) is 23.2 Å². The standard InChI is InChI=1S/C19H22Cl2N2O5/c1-3-15(19(27)28)23-9-12(16(24)18(23)26)17(25)22-10(2)4-5-11-6-7-13(20)14(21)8-11/h6-8,10,12,15H,3-5,9H2,1-2H3,(H,22,25)(H,27,28). The fourth-order valence-corrected chi connectivity index (χ4v) is 3.47. The Kier molecular flexibility index (Phi) is 7.43. The van der Waals surface area contributed by atoms with Crippen molar-refractivity contribution < 1.29 is 24.3 Å². The van der Waals surface area contributed by atoms with E-state index in [2.05, 4.69) is 5.32 Å². The van der Waals surface area contributed by atoms with Crippen LogP contribution in [-0.4, -0.2) is 52.2 Å². The smallest absolute Gasteiger partial charge is 0.326 e. The highest BCUT2D eigenvalue weighted by Gasteiger charge is 2.47. The van der Waals surface area contributed by atoms with Crippen LogP contribution in [0.15, 0.2) is 18.2 Å². The van der Waals surface area contributed by atoms with E-state index in [1.807, 2.05) is 6.07 Å². The van der Waals surface area contributed by atoms with Crippen LogP contribution >= 0.6 is 23.2 Å². The highest BCUT2D eigenvalue weighted by Crippen LogP contribution is 2.23. The van der Waals surface area contributed by atoms with E-state index < -0.39 is 35.5 Å². The largest absolute Gasteiger partial charge is 0.480 e. The summed E-state index contributed by atoms with van der Waals surface area (Å²) in [5, 5.41) is 12.8. The Hall–Kier alpha value is -2.12. The second-order valence-electron chi connectivity index (χ2n) is 6.83. The first-order valence-electron chi connectivity index (χ1n) is 8.97. The quantitative estimate of drug-likeness (QED) is 0.488. The number of nitrogens with zero attached hydrogens (tertiary/aromatic N) is 1. The molecule has 2 amide bonds. The van der Waals surface area contributed by atoms with Gasteiger partial charge in [0.2, 0.25) is 11.7 Å². The summed E-state index contributed by atoms with van der Waals surface area (Å²) in [5.41, 5.74) is 0.959. The van der Waals surface area contributed by atoms with Crippen molar-refractivity contribution in [3.63, 3.8) is 0 Å². The number of likely N-dealkylation sites (tertiary alicyclic amines) is 1. The Bertz CT molecular complexity index is 799. The predicted octanol–water partition coefficient (Wildman–Crippen LogP) is 2.32. The molecule has 152 valence electrons. The van der Waals surface area contributed by atoms with Crippen LogP contribution in [0.3, 0.4) is 0 Å². The minimum absolute atomic E-state index is 0.156. The van der Waals surface area contributed by atoms with Gasteiger partial charge in [-0.3, -0.25) is 14.4 Å². The molecule has 2 N–H and O–H groups in total. The van der Waals surface area contributed by atoms with Crippen LogP contribution in [0.5, 0.6) is 0 Å². The first-order valence-corrected chi connectivity index (χ1v) is 9.73. The summed E-state index contributed by atoms with van der Waals surface area (Å²) in [4.78, 5) is 48.9. The third-order valence-corrected chi connectivity index (χ3v) is 5.51. The van der Waals surface area contributed by atoms with Crippen molar-refractivity contribution in [3.8, 4) is 0 Å². The molecule has 1 fully saturated rings. The summed E-state index contributed by atoms with van der Waals surface area (Å²) < 4.78 is 0. The molecule has 1 saturated heterocycles. The Morgan fingerprint density at radius 3 is 2.54 bits per heavy atom. The van der Waals surface area contributed by atoms with E-state index in [1.54, 1.807) is 26.0 Å². The lowest BCUT2D eigenvalue weighted by atomic mass is 10.0. The molecule has 1 aromatic rings. The van der Waals surface area contributed by atoms with E-state index in [9.17, 15) is 24.3 Å². The number of amides is 2. The number of benzene rings is 1. The number of nitrogens with one attached hydrogen (secondary N) is 1. The third kappa shape index (κ3) is 5.02. The molecule has 9 heteroatoms. The van der Waals surface area contributed by atoms with Gasteiger partial charge in [0, 0.05) is 12.6 Å². The first-order chi connectivity index (χ1) is 13.1. The van der Waals surface area contributed by atoms with Crippen LogP contribution in [-0.2, 0) is 25.6 Å². The summed E-state index contributed by atoms with van der Waals surface area (Å²) in [7, 11) is 0. The van der Waals surface area contributed by atoms with Crippen LogP contribution in [0.4, 0.5) is 0 Å². The van der Waals surface area contributed by atoms with Crippen molar-refractivity contribution in [2.75, 3.05) is 6.54 Å². The van der Waals surface area contributed by atoms with Crippen molar-refractivity contribution in [2.24, 2.45) is 5.92 Å². The molecule has 0 bridgehead atoms. The Balaban J connectivity index is 1.94. The van der Waals surface area contributed by atoms with Crippen LogP contribution < -0.4 is 5.32 Å². The Morgan fingerprint density at radius 1 is 1.29 bits per heavy atom. The molecule has 2 rings (SSSR count). The Morgan fingerprint density at radius 2 is 1.96 bits per heavy atom. The number of carboxylic acid groups (broad SMARTS) is 1. The van der Waals surface area contributed by atoms with Gasteiger partial charge in [0.05, 0.1) is 10.0 Å². The van der Waals surface area contributed by atoms with Crippen molar-refractivity contribution in [1.82, 2.24) is 10.2 Å². The molecule has 0 aromatic heterocycles. The normalized spacial score (nSPS) is 18.9. The number of carboxylic acids is 1. The number of carbonyl (C=O) groups excluding carboxylic acids is 3. The van der Waals surface area contributed by atoms with Crippen molar-refractivity contribution in [2.45, 2.75) is 45.2 Å². The second-order valence-corrected chi connectivity index (χ2v) is 7.65. The maximum absolute atomic E-state index is 12.5. The lowest BCUT2D eigenvalue weighted by Crippen LogP contribution is -2.43. The van der Waals surface area contributed by atoms with Crippen LogP contribution in [0.25, 0.3) is 0 Å². The van der Waals surface area contributed by atoms with E-state index >= 15 is 0 Å². The number of aliphatic carboxylic acids is 1. The first kappa shape index (κ1) is 22.2. The number of halogens is 2. The minimum Gasteiger partial charge on any atom is -0.480 e. The number of carbonyl (C=O) groups is 4. The van der Waals surface area contributed by atoms with E-state index in [0.29, 0.717) is 22.9 Å². The molecule has 3 atom stereocenters. The summed E-state index contributed by atoms with van der Waals surface area (Å²) in [6, 6.07) is 3.94. The molecule has 3 unspecified atom stereocenters. The maximum Gasteiger partial charge on any atom is 0.326 e. The molecular formula is C19H22Cl2N2O5. The molecule has 0 aliphatic carbocycles. The maximum atomic E-state index is 12.5. The highest BCUT2D eigenvalue weighted by molar-refractivity contribution is 6.43. The number of rotatable bonds is 8. The number of ketones is 1. The lowest BCUT2D eigenvalue weighted by Gasteiger charge is -2.22. The van der Waals surface area contributed by atoms with E-state index in [1.165, 1.54) is 0 Å². The Labute approximate surface area is 173 Å². The van der Waals surface area contributed by atoms with Gasteiger partial charge in [-0.25, -0.2) is 4.79 Å². The second kappa shape index (κ2) is 9.39. The topological polar surface area (TPSA) is 104 Å². The van der Waals surface area contributed by atoms with Gasteiger partial charge in [0.25, 0.3) is 5.91 Å². The molecule has 1 heterocycles. The van der Waals surface area contributed by atoms with Gasteiger partial charge in [-0.05, 0) is 43.9 Å². The summed E-state index contributed by atoms with van der Waals surface area (Å²) in [6.45, 7) is 3.18. The van der Waals surface area contributed by atoms with Crippen LogP contribution in [0.2, 0.25) is 10.0 Å². The van der Waals surface area contributed by atoms with Crippen molar-refractivity contribution in [1.29, 1.82) is 0 Å². The number of hydrogen-bond donors (Lipinski definition) is 2. The predicted molar refractivity (Wildman–Crippen MR) is 104 cm³/mol. The summed E-state index contributed by atoms with van der Waals surface area (Å²) in [5.74, 6) is -4.73. The molecule has 0 spiro atoms. The fourth-order valence-electron chi connectivity index (χ4n) is 3.15. The molecule has 1 aliphatic heterocycles. The monoisotopic (exact) mass is 428 g/mol. The van der Waals surface area contributed by atoms with Crippen LogP contribution in [0, 0.1) is 5.92 Å². The number of hydrogen-bond acceptors (Lipinski definition) is 4. The fraction of sp³-hybridized carbons (Fsp3) is 0.474.